The number of carbonyl (C=O) groups excluding carboxylic acids is 1. The molecular formula is C21H23N7O2. The van der Waals surface area contributed by atoms with Crippen molar-refractivity contribution in [2.24, 2.45) is 0 Å². The van der Waals surface area contributed by atoms with Crippen molar-refractivity contribution in [2.75, 3.05) is 18.0 Å². The van der Waals surface area contributed by atoms with E-state index >= 15 is 0 Å². The molecule has 4 heterocycles. The Hall–Kier alpha value is -3.51. The van der Waals surface area contributed by atoms with Gasteiger partial charge in [-0.3, -0.25) is 4.79 Å². The summed E-state index contributed by atoms with van der Waals surface area (Å²) in [5, 5.41) is 27.0. The van der Waals surface area contributed by atoms with Gasteiger partial charge in [0.2, 0.25) is 0 Å². The van der Waals surface area contributed by atoms with E-state index in [-0.39, 0.29) is 5.91 Å². The van der Waals surface area contributed by atoms with E-state index < -0.39 is 12.1 Å². The van der Waals surface area contributed by atoms with Crippen LogP contribution in [0.2, 0.25) is 0 Å². The van der Waals surface area contributed by atoms with E-state index in [2.05, 4.69) is 20.4 Å². The Morgan fingerprint density at radius 3 is 2.87 bits per heavy atom. The van der Waals surface area contributed by atoms with Crippen LogP contribution in [-0.4, -0.2) is 55.8 Å². The Morgan fingerprint density at radius 2 is 2.10 bits per heavy atom. The van der Waals surface area contributed by atoms with E-state index in [1.54, 1.807) is 23.6 Å². The second-order valence-electron chi connectivity index (χ2n) is 7.61. The van der Waals surface area contributed by atoms with Gasteiger partial charge >= 0.3 is 0 Å². The second-order valence-corrected chi connectivity index (χ2v) is 7.61. The molecule has 1 aliphatic rings. The molecule has 1 fully saturated rings. The van der Waals surface area contributed by atoms with Gasteiger partial charge in [-0.2, -0.15) is 10.4 Å². The third kappa shape index (κ3) is 3.57. The van der Waals surface area contributed by atoms with E-state index in [1.807, 2.05) is 36.9 Å². The number of hydrogen-bond donors (Lipinski definition) is 2. The molecule has 3 aromatic rings. The molecule has 0 spiro atoms. The lowest BCUT2D eigenvalue weighted by molar-refractivity contribution is 0.0786. The number of hydrogen-bond acceptors (Lipinski definition) is 7. The van der Waals surface area contributed by atoms with E-state index in [9.17, 15) is 9.90 Å². The van der Waals surface area contributed by atoms with Gasteiger partial charge in [-0.05, 0) is 45.4 Å². The highest BCUT2D eigenvalue weighted by atomic mass is 16.3. The summed E-state index contributed by atoms with van der Waals surface area (Å²) in [5.41, 5.74) is 3.54. The van der Waals surface area contributed by atoms with Crippen molar-refractivity contribution in [3.8, 4) is 6.07 Å². The quantitative estimate of drug-likeness (QED) is 0.674. The van der Waals surface area contributed by atoms with E-state index in [1.165, 1.54) is 0 Å². The number of anilines is 1. The van der Waals surface area contributed by atoms with Gasteiger partial charge in [-0.1, -0.05) is 6.07 Å². The van der Waals surface area contributed by atoms with Gasteiger partial charge < -0.3 is 15.3 Å². The van der Waals surface area contributed by atoms with Gasteiger partial charge in [0.05, 0.1) is 17.8 Å². The van der Waals surface area contributed by atoms with Crippen LogP contribution in [0.3, 0.4) is 0 Å². The lowest BCUT2D eigenvalue weighted by Crippen LogP contribution is -2.55. The summed E-state index contributed by atoms with van der Waals surface area (Å²) < 4.78 is 1.66. The molecule has 1 saturated heterocycles. The zero-order chi connectivity index (χ0) is 21.4. The van der Waals surface area contributed by atoms with Crippen molar-refractivity contribution in [3.63, 3.8) is 0 Å². The molecule has 9 heteroatoms. The Kier molecular flexibility index (Phi) is 5.10. The number of amides is 1. The number of aromatic nitrogens is 4. The van der Waals surface area contributed by atoms with Crippen LogP contribution in [0.5, 0.6) is 0 Å². The number of rotatable bonds is 3. The van der Waals surface area contributed by atoms with Gasteiger partial charge in [-0.15, -0.1) is 0 Å². The maximum absolute atomic E-state index is 13.1. The molecule has 30 heavy (non-hydrogen) atoms. The molecule has 9 nitrogen and oxygen atoms in total. The average molecular weight is 405 g/mol. The van der Waals surface area contributed by atoms with Crippen molar-refractivity contribution in [1.29, 1.82) is 5.26 Å². The van der Waals surface area contributed by atoms with Crippen LogP contribution in [0.1, 0.15) is 39.6 Å². The zero-order valence-electron chi connectivity index (χ0n) is 17.1. The summed E-state index contributed by atoms with van der Waals surface area (Å²) in [5.74, 6) is 0.338. The summed E-state index contributed by atoms with van der Waals surface area (Å²) in [6.45, 7) is 6.55. The fourth-order valence-corrected chi connectivity index (χ4v) is 3.88. The summed E-state index contributed by atoms with van der Waals surface area (Å²) >= 11 is 0. The fraction of sp³-hybridized carbons (Fsp3) is 0.381. The van der Waals surface area contributed by atoms with Crippen LogP contribution in [0, 0.1) is 32.1 Å². The molecule has 0 aromatic carbocycles. The number of fused-ring (bicyclic) bond motifs is 1. The van der Waals surface area contributed by atoms with Gasteiger partial charge in [0.15, 0.2) is 5.65 Å². The van der Waals surface area contributed by atoms with Gasteiger partial charge in [0.25, 0.3) is 5.91 Å². The highest BCUT2D eigenvalue weighted by Gasteiger charge is 2.31. The molecule has 0 unspecified atom stereocenters. The predicted molar refractivity (Wildman–Crippen MR) is 110 cm³/mol. The normalized spacial score (nSPS) is 19.0. The number of carbonyl (C=O) groups is 1. The van der Waals surface area contributed by atoms with Crippen molar-refractivity contribution in [3.05, 3.63) is 52.6 Å². The summed E-state index contributed by atoms with van der Waals surface area (Å²) in [6.07, 6.45) is -0.198. The summed E-state index contributed by atoms with van der Waals surface area (Å²) in [6, 6.07) is 8.70. The van der Waals surface area contributed by atoms with Crippen molar-refractivity contribution >= 4 is 17.4 Å². The van der Waals surface area contributed by atoms with Crippen molar-refractivity contribution in [2.45, 2.75) is 39.3 Å². The predicted octanol–water partition coefficient (Wildman–Crippen LogP) is 1.29. The minimum absolute atomic E-state index is 0.315. The molecule has 4 rings (SSSR count). The first-order chi connectivity index (χ1) is 14.4. The van der Waals surface area contributed by atoms with Crippen LogP contribution in [-0.2, 0) is 0 Å². The number of aryl methyl sites for hydroxylation is 3. The average Bonchev–Trinajstić information content (AvgIpc) is 3.06. The highest BCUT2D eigenvalue weighted by molar-refractivity contribution is 6.01. The number of nitrogens with one attached hydrogen (secondary N) is 1. The maximum atomic E-state index is 13.1. The van der Waals surface area contributed by atoms with Crippen LogP contribution in [0.15, 0.2) is 24.3 Å². The largest absolute Gasteiger partial charge is 0.391 e. The number of aliphatic hydroxyl groups excluding tert-OH is 1. The van der Waals surface area contributed by atoms with Crippen LogP contribution in [0.25, 0.3) is 5.65 Å². The number of aliphatic hydroxyl groups is 1. The third-order valence-electron chi connectivity index (χ3n) is 5.36. The summed E-state index contributed by atoms with van der Waals surface area (Å²) in [4.78, 5) is 23.9. The molecule has 2 N–H and O–H groups in total. The highest BCUT2D eigenvalue weighted by Crippen LogP contribution is 2.21. The molecular weight excluding hydrogens is 382 g/mol. The lowest BCUT2D eigenvalue weighted by Gasteiger charge is -2.37. The minimum Gasteiger partial charge on any atom is -0.391 e. The molecule has 0 aliphatic carbocycles. The molecule has 1 amide bonds. The van der Waals surface area contributed by atoms with Crippen molar-refractivity contribution in [1.82, 2.24) is 24.9 Å². The third-order valence-corrected chi connectivity index (χ3v) is 5.36. The smallest absolute Gasteiger partial charge is 0.257 e. The van der Waals surface area contributed by atoms with E-state index in [0.717, 1.165) is 11.4 Å². The molecule has 0 radical (unpaired) electrons. The Balaban J connectivity index is 1.59. The van der Waals surface area contributed by atoms with Crippen LogP contribution in [0.4, 0.5) is 5.82 Å². The molecule has 2 atom stereocenters. The standard InChI is InChI=1S/C21H23N7O2/c1-12-9-13(2)28-20(23-12)19(14(3)26-28)21(30)25-16-11-27(8-7-17(16)29)18-6-4-5-15(10-22)24-18/h4-6,9,16-17,29H,7-8,11H2,1-3H3,(H,25,30)/t16-,17+/m1/s1. The SMILES string of the molecule is Cc1cc(C)n2nc(C)c(C(=O)N[C@@H]3CN(c4cccc(C#N)n4)CC[C@@H]3O)c2n1. The van der Waals surface area contributed by atoms with Gasteiger partial charge in [0, 0.05) is 24.5 Å². The number of pyridine rings is 1. The molecule has 154 valence electrons. The monoisotopic (exact) mass is 405 g/mol. The first-order valence-electron chi connectivity index (χ1n) is 9.82. The molecule has 0 bridgehead atoms. The number of nitriles is 1. The Morgan fingerprint density at radius 1 is 1.30 bits per heavy atom. The first kappa shape index (κ1) is 19.8. The lowest BCUT2D eigenvalue weighted by atomic mass is 10.0. The maximum Gasteiger partial charge on any atom is 0.257 e. The van der Waals surface area contributed by atoms with Crippen LogP contribution >= 0.6 is 0 Å². The zero-order valence-corrected chi connectivity index (χ0v) is 17.1. The Bertz CT molecular complexity index is 1160. The topological polar surface area (TPSA) is 119 Å². The minimum atomic E-state index is -0.678. The van der Waals surface area contributed by atoms with Crippen molar-refractivity contribution < 1.29 is 9.90 Å². The first-order valence-corrected chi connectivity index (χ1v) is 9.82. The number of nitrogens with zero attached hydrogens (tertiary/aromatic N) is 6. The van der Waals surface area contributed by atoms with E-state index in [0.29, 0.717) is 47.9 Å². The Labute approximate surface area is 174 Å². The summed E-state index contributed by atoms with van der Waals surface area (Å²) in [7, 11) is 0. The van der Waals surface area contributed by atoms with Gasteiger partial charge in [0.1, 0.15) is 23.1 Å². The molecule has 0 saturated carbocycles. The van der Waals surface area contributed by atoms with Gasteiger partial charge in [-0.25, -0.2) is 14.5 Å². The van der Waals surface area contributed by atoms with Crippen LogP contribution < -0.4 is 10.2 Å². The molecule has 3 aromatic heterocycles. The number of piperidine rings is 1. The molecule has 1 aliphatic heterocycles. The van der Waals surface area contributed by atoms with E-state index in [4.69, 9.17) is 5.26 Å². The second kappa shape index (κ2) is 7.72. The fourth-order valence-electron chi connectivity index (χ4n) is 3.88.